The SMILES string of the molecule is COc1ccc(/C=C/C(=O)c2ccc(S(=O)(=O)N3CCOCC3)cc2)cc1. The highest BCUT2D eigenvalue weighted by Crippen LogP contribution is 2.18. The Morgan fingerprint density at radius 2 is 1.67 bits per heavy atom. The Morgan fingerprint density at radius 3 is 2.26 bits per heavy atom. The second-order valence-electron chi connectivity index (χ2n) is 6.01. The van der Waals surface area contributed by atoms with E-state index in [0.29, 0.717) is 31.9 Å². The second kappa shape index (κ2) is 8.47. The van der Waals surface area contributed by atoms with E-state index in [1.54, 1.807) is 13.2 Å². The molecular formula is C20H21NO5S. The van der Waals surface area contributed by atoms with Crippen molar-refractivity contribution in [3.8, 4) is 5.75 Å². The first-order valence-electron chi connectivity index (χ1n) is 8.55. The summed E-state index contributed by atoms with van der Waals surface area (Å²) >= 11 is 0. The number of carbonyl (C=O) groups is 1. The van der Waals surface area contributed by atoms with Gasteiger partial charge >= 0.3 is 0 Å². The van der Waals surface area contributed by atoms with Crippen LogP contribution in [0.5, 0.6) is 5.75 Å². The van der Waals surface area contributed by atoms with Crippen molar-refractivity contribution in [1.82, 2.24) is 4.31 Å². The zero-order chi connectivity index (χ0) is 19.3. The van der Waals surface area contributed by atoms with Crippen molar-refractivity contribution < 1.29 is 22.7 Å². The number of allylic oxidation sites excluding steroid dienone is 1. The summed E-state index contributed by atoms with van der Waals surface area (Å²) in [4.78, 5) is 12.5. The lowest BCUT2D eigenvalue weighted by Gasteiger charge is -2.26. The van der Waals surface area contributed by atoms with Gasteiger partial charge in [0.1, 0.15) is 5.75 Å². The first kappa shape index (κ1) is 19.3. The third kappa shape index (κ3) is 4.63. The van der Waals surface area contributed by atoms with Crippen LogP contribution in [0.4, 0.5) is 0 Å². The average Bonchev–Trinajstić information content (AvgIpc) is 2.73. The van der Waals surface area contributed by atoms with Gasteiger partial charge in [0.05, 0.1) is 25.2 Å². The molecule has 0 bridgehead atoms. The molecule has 6 nitrogen and oxygen atoms in total. The van der Waals surface area contributed by atoms with Gasteiger partial charge in [-0.3, -0.25) is 4.79 Å². The zero-order valence-corrected chi connectivity index (χ0v) is 15.8. The lowest BCUT2D eigenvalue weighted by Crippen LogP contribution is -2.40. The third-order valence-electron chi connectivity index (χ3n) is 4.29. The molecule has 1 saturated heterocycles. The first-order chi connectivity index (χ1) is 13.0. The first-order valence-corrected chi connectivity index (χ1v) is 9.99. The van der Waals surface area contributed by atoms with Gasteiger partial charge in [-0.25, -0.2) is 8.42 Å². The average molecular weight is 387 g/mol. The lowest BCUT2D eigenvalue weighted by molar-refractivity contribution is 0.0730. The molecule has 0 atom stereocenters. The van der Waals surface area contributed by atoms with E-state index in [0.717, 1.165) is 11.3 Å². The van der Waals surface area contributed by atoms with Crippen LogP contribution in [0.15, 0.2) is 59.5 Å². The zero-order valence-electron chi connectivity index (χ0n) is 15.0. The smallest absolute Gasteiger partial charge is 0.243 e. The van der Waals surface area contributed by atoms with Gasteiger partial charge in [-0.1, -0.05) is 18.2 Å². The van der Waals surface area contributed by atoms with Gasteiger partial charge in [-0.15, -0.1) is 0 Å². The Morgan fingerprint density at radius 1 is 1.04 bits per heavy atom. The van der Waals surface area contributed by atoms with Crippen LogP contribution in [0.2, 0.25) is 0 Å². The molecule has 2 aromatic rings. The minimum Gasteiger partial charge on any atom is -0.497 e. The number of hydrogen-bond acceptors (Lipinski definition) is 5. The van der Waals surface area contributed by atoms with E-state index in [1.165, 1.54) is 34.6 Å². The fourth-order valence-electron chi connectivity index (χ4n) is 2.71. The van der Waals surface area contributed by atoms with E-state index in [-0.39, 0.29) is 10.7 Å². The quantitative estimate of drug-likeness (QED) is 0.563. The number of benzene rings is 2. The van der Waals surface area contributed by atoms with Crippen LogP contribution in [0.25, 0.3) is 6.08 Å². The van der Waals surface area contributed by atoms with Gasteiger partial charge in [0.25, 0.3) is 0 Å². The van der Waals surface area contributed by atoms with Crippen LogP contribution >= 0.6 is 0 Å². The summed E-state index contributed by atoms with van der Waals surface area (Å²) in [6.07, 6.45) is 3.17. The Bertz CT molecular complexity index is 912. The molecule has 3 rings (SSSR count). The highest BCUT2D eigenvalue weighted by Gasteiger charge is 2.26. The molecule has 7 heteroatoms. The van der Waals surface area contributed by atoms with E-state index in [4.69, 9.17) is 9.47 Å². The van der Waals surface area contributed by atoms with E-state index in [2.05, 4.69) is 0 Å². The van der Waals surface area contributed by atoms with Gasteiger partial charge in [-0.2, -0.15) is 4.31 Å². The minimum atomic E-state index is -3.55. The van der Waals surface area contributed by atoms with Gasteiger partial charge in [0.2, 0.25) is 10.0 Å². The maximum Gasteiger partial charge on any atom is 0.243 e. The molecular weight excluding hydrogens is 366 g/mol. The molecule has 0 spiro atoms. The molecule has 1 heterocycles. The molecule has 1 aliphatic rings. The monoisotopic (exact) mass is 387 g/mol. The molecule has 1 aliphatic heterocycles. The summed E-state index contributed by atoms with van der Waals surface area (Å²) in [5, 5.41) is 0. The lowest BCUT2D eigenvalue weighted by atomic mass is 10.1. The number of ether oxygens (including phenoxy) is 2. The number of hydrogen-bond donors (Lipinski definition) is 0. The summed E-state index contributed by atoms with van der Waals surface area (Å²) in [5.74, 6) is 0.552. The van der Waals surface area contributed by atoms with Crippen LogP contribution in [-0.2, 0) is 14.8 Å². The molecule has 0 amide bonds. The van der Waals surface area contributed by atoms with Crippen LogP contribution < -0.4 is 4.74 Å². The van der Waals surface area contributed by atoms with Crippen molar-refractivity contribution in [2.24, 2.45) is 0 Å². The Kier molecular flexibility index (Phi) is 6.05. The third-order valence-corrected chi connectivity index (χ3v) is 6.20. The molecule has 142 valence electrons. The molecule has 0 saturated carbocycles. The van der Waals surface area contributed by atoms with E-state index in [1.807, 2.05) is 24.3 Å². The van der Waals surface area contributed by atoms with Gasteiger partial charge < -0.3 is 9.47 Å². The summed E-state index contributed by atoms with van der Waals surface area (Å²) in [7, 11) is -1.96. The van der Waals surface area contributed by atoms with Gasteiger partial charge in [-0.05, 0) is 48.0 Å². The van der Waals surface area contributed by atoms with Crippen molar-refractivity contribution in [2.45, 2.75) is 4.90 Å². The predicted molar refractivity (Wildman–Crippen MR) is 102 cm³/mol. The molecule has 0 N–H and O–H groups in total. The molecule has 2 aromatic carbocycles. The highest BCUT2D eigenvalue weighted by molar-refractivity contribution is 7.89. The predicted octanol–water partition coefficient (Wildman–Crippen LogP) is 2.61. The number of methoxy groups -OCH3 is 1. The van der Waals surface area contributed by atoms with Crippen molar-refractivity contribution >= 4 is 21.9 Å². The van der Waals surface area contributed by atoms with Crippen LogP contribution in [0, 0.1) is 0 Å². The molecule has 0 aromatic heterocycles. The Labute approximate surface area is 159 Å². The number of nitrogens with zero attached hydrogens (tertiary/aromatic N) is 1. The summed E-state index contributed by atoms with van der Waals surface area (Å²) < 4.78 is 36.9. The summed E-state index contributed by atoms with van der Waals surface area (Å²) in [6, 6.07) is 13.3. The van der Waals surface area contributed by atoms with E-state index < -0.39 is 10.0 Å². The fraction of sp³-hybridized carbons (Fsp3) is 0.250. The number of carbonyl (C=O) groups excluding carboxylic acids is 1. The van der Waals surface area contributed by atoms with Crippen molar-refractivity contribution in [1.29, 1.82) is 0 Å². The number of morpholine rings is 1. The normalized spacial score (nSPS) is 15.7. The number of ketones is 1. The minimum absolute atomic E-state index is 0.181. The molecule has 0 unspecified atom stereocenters. The molecule has 0 aliphatic carbocycles. The fourth-order valence-corrected chi connectivity index (χ4v) is 4.12. The van der Waals surface area contributed by atoms with Crippen LogP contribution in [-0.4, -0.2) is 51.9 Å². The maximum atomic E-state index is 12.6. The molecule has 1 fully saturated rings. The molecule has 27 heavy (non-hydrogen) atoms. The maximum absolute atomic E-state index is 12.6. The highest BCUT2D eigenvalue weighted by atomic mass is 32.2. The van der Waals surface area contributed by atoms with Crippen LogP contribution in [0.3, 0.4) is 0 Å². The van der Waals surface area contributed by atoms with E-state index in [9.17, 15) is 13.2 Å². The largest absolute Gasteiger partial charge is 0.497 e. The van der Waals surface area contributed by atoms with Gasteiger partial charge in [0.15, 0.2) is 5.78 Å². The van der Waals surface area contributed by atoms with Crippen molar-refractivity contribution in [3.63, 3.8) is 0 Å². The standard InChI is InChI=1S/C20H21NO5S/c1-25-18-7-2-16(3-8-18)4-11-20(22)17-5-9-19(10-6-17)27(23,24)21-12-14-26-15-13-21/h2-11H,12-15H2,1H3/b11-4+. The summed E-state index contributed by atoms with van der Waals surface area (Å²) in [5.41, 5.74) is 1.30. The van der Waals surface area contributed by atoms with Crippen LogP contribution in [0.1, 0.15) is 15.9 Å². The Hall–Kier alpha value is -2.48. The second-order valence-corrected chi connectivity index (χ2v) is 7.95. The van der Waals surface area contributed by atoms with E-state index >= 15 is 0 Å². The van der Waals surface area contributed by atoms with Gasteiger partial charge in [0, 0.05) is 18.7 Å². The van der Waals surface area contributed by atoms with Crippen molar-refractivity contribution in [2.75, 3.05) is 33.4 Å². The summed E-state index contributed by atoms with van der Waals surface area (Å²) in [6.45, 7) is 1.47. The molecule has 0 radical (unpaired) electrons. The number of sulfonamides is 1. The topological polar surface area (TPSA) is 72.9 Å². The Balaban J connectivity index is 1.70. The number of rotatable bonds is 6. The van der Waals surface area contributed by atoms with Crippen molar-refractivity contribution in [3.05, 3.63) is 65.7 Å².